The van der Waals surface area contributed by atoms with Gasteiger partial charge < -0.3 is 9.72 Å². The van der Waals surface area contributed by atoms with Crippen LogP contribution < -0.4 is 5.32 Å². The van der Waals surface area contributed by atoms with E-state index in [1.165, 1.54) is 15.3 Å². The number of thiophene rings is 1. The molecule has 0 saturated heterocycles. The Kier molecular flexibility index (Phi) is 4.02. The molecule has 0 spiro atoms. The first-order valence-corrected chi connectivity index (χ1v) is 8.16. The molecule has 3 nitrogen and oxygen atoms in total. The van der Waals surface area contributed by atoms with Crippen molar-refractivity contribution in [2.24, 2.45) is 0 Å². The van der Waals surface area contributed by atoms with Gasteiger partial charge in [0.2, 0.25) is 0 Å². The summed E-state index contributed by atoms with van der Waals surface area (Å²) in [5.41, 5.74) is 3.32. The molecule has 1 atom stereocenters. The summed E-state index contributed by atoms with van der Waals surface area (Å²) in [5.74, 6) is 0. The molecule has 0 aromatic carbocycles. The zero-order chi connectivity index (χ0) is 15.0. The number of aryl methyl sites for hydroxylation is 2. The minimum absolute atomic E-state index is 0.323. The second-order valence-corrected chi connectivity index (χ2v) is 7.21. The summed E-state index contributed by atoms with van der Waals surface area (Å²) < 4.78 is 1.96. The van der Waals surface area contributed by atoms with Gasteiger partial charge in [0.1, 0.15) is 5.65 Å². The van der Waals surface area contributed by atoms with E-state index in [4.69, 9.17) is 11.6 Å². The molecule has 110 valence electrons. The van der Waals surface area contributed by atoms with E-state index in [2.05, 4.69) is 37.1 Å². The van der Waals surface area contributed by atoms with Crippen molar-refractivity contribution in [1.29, 1.82) is 0 Å². The van der Waals surface area contributed by atoms with Gasteiger partial charge in [-0.25, -0.2) is 4.98 Å². The summed E-state index contributed by atoms with van der Waals surface area (Å²) in [6, 6.07) is 6.38. The van der Waals surface area contributed by atoms with Crippen LogP contribution in [0.3, 0.4) is 0 Å². The van der Waals surface area contributed by atoms with Crippen LogP contribution in [0.5, 0.6) is 0 Å². The monoisotopic (exact) mass is 319 g/mol. The van der Waals surface area contributed by atoms with Gasteiger partial charge in [-0.3, -0.25) is 0 Å². The van der Waals surface area contributed by atoms with Crippen molar-refractivity contribution >= 4 is 28.6 Å². The molecule has 0 radical (unpaired) electrons. The Balaban J connectivity index is 1.72. The number of nitrogens with one attached hydrogen (secondary N) is 1. The molecular weight excluding hydrogens is 302 g/mol. The number of pyridine rings is 1. The quantitative estimate of drug-likeness (QED) is 0.766. The maximum Gasteiger partial charge on any atom is 0.137 e. The largest absolute Gasteiger partial charge is 0.305 e. The van der Waals surface area contributed by atoms with Gasteiger partial charge in [0.25, 0.3) is 0 Å². The molecule has 3 aromatic heterocycles. The van der Waals surface area contributed by atoms with E-state index in [9.17, 15) is 0 Å². The molecule has 1 unspecified atom stereocenters. The van der Waals surface area contributed by atoms with Crippen LogP contribution in [-0.2, 0) is 6.54 Å². The van der Waals surface area contributed by atoms with Crippen LogP contribution in [0.25, 0.3) is 5.65 Å². The molecule has 0 amide bonds. The summed E-state index contributed by atoms with van der Waals surface area (Å²) in [5, 5.41) is 4.26. The molecule has 5 heteroatoms. The van der Waals surface area contributed by atoms with E-state index in [-0.39, 0.29) is 0 Å². The second kappa shape index (κ2) is 5.79. The topological polar surface area (TPSA) is 29.3 Å². The maximum atomic E-state index is 5.99. The Bertz CT molecular complexity index is 775. The van der Waals surface area contributed by atoms with Crippen LogP contribution >= 0.6 is 22.9 Å². The number of fused-ring (bicyclic) bond motifs is 1. The van der Waals surface area contributed by atoms with Crippen molar-refractivity contribution in [2.45, 2.75) is 33.4 Å². The molecule has 0 saturated carbocycles. The Morgan fingerprint density at radius 2 is 2.14 bits per heavy atom. The van der Waals surface area contributed by atoms with Crippen molar-refractivity contribution in [1.82, 2.24) is 14.7 Å². The molecule has 3 rings (SSSR count). The van der Waals surface area contributed by atoms with E-state index in [1.54, 1.807) is 0 Å². The van der Waals surface area contributed by atoms with Crippen LogP contribution in [0.1, 0.15) is 34.0 Å². The third-order valence-electron chi connectivity index (χ3n) is 3.60. The fraction of sp³-hybridized carbons (Fsp3) is 0.312. The van der Waals surface area contributed by atoms with Gasteiger partial charge >= 0.3 is 0 Å². The zero-order valence-corrected chi connectivity index (χ0v) is 13.9. The molecular formula is C16H18ClN3S. The lowest BCUT2D eigenvalue weighted by atomic mass is 10.1. The first-order valence-electron chi connectivity index (χ1n) is 6.96. The Morgan fingerprint density at radius 3 is 2.86 bits per heavy atom. The first kappa shape index (κ1) is 14.6. The summed E-state index contributed by atoms with van der Waals surface area (Å²) in [4.78, 5) is 7.33. The molecule has 3 heterocycles. The SMILES string of the molecule is Cc1cc(C(C)NCc2cn3cc(Cl)ccc3n2)c(C)s1. The maximum absolute atomic E-state index is 5.99. The van der Waals surface area contributed by atoms with Crippen molar-refractivity contribution < 1.29 is 0 Å². The highest BCUT2D eigenvalue weighted by molar-refractivity contribution is 7.12. The number of halogens is 1. The lowest BCUT2D eigenvalue weighted by molar-refractivity contribution is 0.568. The number of imidazole rings is 1. The summed E-state index contributed by atoms with van der Waals surface area (Å²) in [6.45, 7) is 7.27. The average Bonchev–Trinajstić information content (AvgIpc) is 2.98. The van der Waals surface area contributed by atoms with Crippen molar-refractivity contribution in [3.8, 4) is 0 Å². The van der Waals surface area contributed by atoms with Gasteiger partial charge in [-0.1, -0.05) is 11.6 Å². The minimum Gasteiger partial charge on any atom is -0.305 e. The molecule has 21 heavy (non-hydrogen) atoms. The highest BCUT2D eigenvalue weighted by Crippen LogP contribution is 2.26. The molecule has 1 N–H and O–H groups in total. The second-order valence-electron chi connectivity index (χ2n) is 5.32. The summed E-state index contributed by atoms with van der Waals surface area (Å²) in [7, 11) is 0. The van der Waals surface area contributed by atoms with Gasteiger partial charge in [0, 0.05) is 34.7 Å². The fourth-order valence-electron chi connectivity index (χ4n) is 2.55. The number of nitrogens with zero attached hydrogens (tertiary/aromatic N) is 2. The van der Waals surface area contributed by atoms with Crippen LogP contribution in [0.2, 0.25) is 5.02 Å². The zero-order valence-electron chi connectivity index (χ0n) is 12.4. The van der Waals surface area contributed by atoms with Gasteiger partial charge in [0.05, 0.1) is 10.7 Å². The summed E-state index contributed by atoms with van der Waals surface area (Å²) >= 11 is 7.84. The molecule has 0 aliphatic carbocycles. The van der Waals surface area contributed by atoms with Gasteiger partial charge in [-0.2, -0.15) is 0 Å². The predicted octanol–water partition coefficient (Wildman–Crippen LogP) is 4.52. The lowest BCUT2D eigenvalue weighted by Gasteiger charge is -2.12. The van der Waals surface area contributed by atoms with Gasteiger partial charge in [0.15, 0.2) is 0 Å². The Labute approximate surface area is 133 Å². The van der Waals surface area contributed by atoms with E-state index in [0.717, 1.165) is 22.9 Å². The Hall–Kier alpha value is -1.36. The van der Waals surface area contributed by atoms with Crippen LogP contribution in [0, 0.1) is 13.8 Å². The van der Waals surface area contributed by atoms with Crippen LogP contribution in [-0.4, -0.2) is 9.38 Å². The smallest absolute Gasteiger partial charge is 0.137 e. The number of aromatic nitrogens is 2. The fourth-order valence-corrected chi connectivity index (χ4v) is 3.74. The first-order chi connectivity index (χ1) is 10.0. The molecule has 0 bridgehead atoms. The van der Waals surface area contributed by atoms with Crippen molar-refractivity contribution in [2.75, 3.05) is 0 Å². The van der Waals surface area contributed by atoms with E-state index in [1.807, 2.05) is 40.3 Å². The molecule has 0 fully saturated rings. The summed E-state index contributed by atoms with van der Waals surface area (Å²) in [6.07, 6.45) is 3.90. The standard InChI is InChI=1S/C16H18ClN3S/c1-10-6-15(12(3)21-10)11(2)18-7-14-9-20-8-13(17)4-5-16(20)19-14/h4-6,8-9,11,18H,7H2,1-3H3. The average molecular weight is 320 g/mol. The van der Waals surface area contributed by atoms with Crippen LogP contribution in [0.15, 0.2) is 30.6 Å². The third-order valence-corrected chi connectivity index (χ3v) is 4.81. The predicted molar refractivity (Wildman–Crippen MR) is 89.2 cm³/mol. The molecule has 3 aromatic rings. The lowest BCUT2D eigenvalue weighted by Crippen LogP contribution is -2.18. The van der Waals surface area contributed by atoms with Crippen molar-refractivity contribution in [3.05, 3.63) is 56.6 Å². The van der Waals surface area contributed by atoms with Gasteiger partial charge in [-0.05, 0) is 44.5 Å². The number of hydrogen-bond acceptors (Lipinski definition) is 3. The van der Waals surface area contributed by atoms with E-state index in [0.29, 0.717) is 6.04 Å². The Morgan fingerprint density at radius 1 is 1.33 bits per heavy atom. The van der Waals surface area contributed by atoms with E-state index >= 15 is 0 Å². The normalized spacial score (nSPS) is 13.0. The minimum atomic E-state index is 0.323. The number of hydrogen-bond donors (Lipinski definition) is 1. The third kappa shape index (κ3) is 3.12. The van der Waals surface area contributed by atoms with Crippen LogP contribution in [0.4, 0.5) is 0 Å². The van der Waals surface area contributed by atoms with Gasteiger partial charge in [-0.15, -0.1) is 11.3 Å². The molecule has 0 aliphatic heterocycles. The highest BCUT2D eigenvalue weighted by atomic mass is 35.5. The van der Waals surface area contributed by atoms with Crippen molar-refractivity contribution in [3.63, 3.8) is 0 Å². The van der Waals surface area contributed by atoms with E-state index < -0.39 is 0 Å². The number of rotatable bonds is 4. The highest BCUT2D eigenvalue weighted by Gasteiger charge is 2.11. The molecule has 0 aliphatic rings.